The van der Waals surface area contributed by atoms with Crippen LogP contribution in [0.3, 0.4) is 0 Å². The molecule has 0 spiro atoms. The third kappa shape index (κ3) is 2.88. The van der Waals surface area contributed by atoms with E-state index < -0.39 is 0 Å². The number of nitrogens with two attached hydrogens (primary N) is 1. The molecule has 1 aliphatic carbocycles. The third-order valence-electron chi connectivity index (χ3n) is 4.14. The molecule has 2 aliphatic rings. The van der Waals surface area contributed by atoms with Crippen molar-refractivity contribution in [3.05, 3.63) is 23.8 Å². The second-order valence-corrected chi connectivity index (χ2v) is 5.81. The number of hydrogen-bond donors (Lipinski definition) is 2. The zero-order valence-electron chi connectivity index (χ0n) is 11.6. The number of nitrogens with zero attached hydrogens (tertiary/aromatic N) is 2. The van der Waals surface area contributed by atoms with E-state index in [0.29, 0.717) is 11.3 Å². The quantitative estimate of drug-likeness (QED) is 0.641. The Morgan fingerprint density at radius 2 is 1.95 bits per heavy atom. The lowest BCUT2D eigenvalue weighted by Crippen LogP contribution is -2.49. The van der Waals surface area contributed by atoms with Gasteiger partial charge in [-0.15, -0.1) is 0 Å². The first kappa shape index (κ1) is 13.2. The Balaban J connectivity index is 1.61. The molecule has 1 heterocycles. The number of rotatable bonds is 3. The number of carbonyl (C=O) groups is 1. The zero-order chi connectivity index (χ0) is 14.1. The lowest BCUT2D eigenvalue weighted by Gasteiger charge is -2.35. The highest BCUT2D eigenvalue weighted by Crippen LogP contribution is 2.30. The highest BCUT2D eigenvalue weighted by molar-refractivity contribution is 5.99. The molecule has 1 aliphatic heterocycles. The monoisotopic (exact) mass is 275 g/mol. The van der Waals surface area contributed by atoms with Gasteiger partial charge >= 0.3 is 0 Å². The van der Waals surface area contributed by atoms with E-state index in [4.69, 9.17) is 5.73 Å². The minimum absolute atomic E-state index is 0.0786. The predicted molar refractivity (Wildman–Crippen MR) is 77.6 cm³/mol. The number of phenols is 1. The molecule has 5 nitrogen and oxygen atoms in total. The fourth-order valence-corrected chi connectivity index (χ4v) is 2.70. The average molecular weight is 275 g/mol. The molecule has 20 heavy (non-hydrogen) atoms. The smallest absolute Gasteiger partial charge is 0.256 e. The number of amides is 1. The molecule has 0 radical (unpaired) electrons. The van der Waals surface area contributed by atoms with Crippen LogP contribution in [0.1, 0.15) is 23.2 Å². The number of piperazine rings is 1. The van der Waals surface area contributed by atoms with Crippen molar-refractivity contribution in [3.63, 3.8) is 0 Å². The molecule has 108 valence electrons. The van der Waals surface area contributed by atoms with Crippen molar-refractivity contribution in [2.75, 3.05) is 38.5 Å². The molecule has 1 saturated heterocycles. The number of benzene rings is 1. The number of carbonyl (C=O) groups excluding carboxylic acids is 1. The van der Waals surface area contributed by atoms with Gasteiger partial charge in [-0.25, -0.2) is 0 Å². The van der Waals surface area contributed by atoms with Gasteiger partial charge in [-0.2, -0.15) is 0 Å². The molecular formula is C15H21N3O2. The SMILES string of the molecule is Nc1ccc(O)cc1C(=O)N1CCN(CC2CC2)CC1. The predicted octanol–water partition coefficient (Wildman–Crippen LogP) is 1.14. The van der Waals surface area contributed by atoms with Crippen LogP contribution in [0.4, 0.5) is 5.69 Å². The topological polar surface area (TPSA) is 69.8 Å². The van der Waals surface area contributed by atoms with E-state index >= 15 is 0 Å². The lowest BCUT2D eigenvalue weighted by molar-refractivity contribution is 0.0632. The molecule has 0 bridgehead atoms. The van der Waals surface area contributed by atoms with Gasteiger partial charge in [0.1, 0.15) is 5.75 Å². The van der Waals surface area contributed by atoms with Crippen LogP contribution in [0, 0.1) is 5.92 Å². The molecule has 1 aromatic rings. The van der Waals surface area contributed by atoms with Crippen molar-refractivity contribution < 1.29 is 9.90 Å². The fraction of sp³-hybridized carbons (Fsp3) is 0.533. The van der Waals surface area contributed by atoms with Gasteiger partial charge in [0, 0.05) is 38.4 Å². The van der Waals surface area contributed by atoms with Crippen LogP contribution in [-0.4, -0.2) is 53.5 Å². The Hall–Kier alpha value is -1.75. The lowest BCUT2D eigenvalue weighted by atomic mass is 10.1. The summed E-state index contributed by atoms with van der Waals surface area (Å²) >= 11 is 0. The van der Waals surface area contributed by atoms with E-state index in [1.165, 1.54) is 31.5 Å². The largest absolute Gasteiger partial charge is 0.508 e. The molecule has 0 unspecified atom stereocenters. The Morgan fingerprint density at radius 3 is 2.60 bits per heavy atom. The first-order valence-electron chi connectivity index (χ1n) is 7.23. The van der Waals surface area contributed by atoms with Crippen LogP contribution >= 0.6 is 0 Å². The maximum absolute atomic E-state index is 12.4. The Kier molecular flexibility index (Phi) is 3.53. The summed E-state index contributed by atoms with van der Waals surface area (Å²) in [6, 6.07) is 4.53. The number of anilines is 1. The minimum Gasteiger partial charge on any atom is -0.508 e. The third-order valence-corrected chi connectivity index (χ3v) is 4.14. The first-order valence-corrected chi connectivity index (χ1v) is 7.23. The van der Waals surface area contributed by atoms with Crippen LogP contribution < -0.4 is 5.73 Å². The van der Waals surface area contributed by atoms with E-state index in [1.54, 1.807) is 6.07 Å². The molecule has 3 rings (SSSR count). The molecule has 3 N–H and O–H groups in total. The summed E-state index contributed by atoms with van der Waals surface area (Å²) in [6.45, 7) is 4.51. The first-order chi connectivity index (χ1) is 9.63. The highest BCUT2D eigenvalue weighted by Gasteiger charge is 2.28. The molecule has 5 heteroatoms. The number of aromatic hydroxyl groups is 1. The van der Waals surface area contributed by atoms with Crippen molar-refractivity contribution in [1.82, 2.24) is 9.80 Å². The van der Waals surface area contributed by atoms with Crippen LogP contribution in [0.5, 0.6) is 5.75 Å². The summed E-state index contributed by atoms with van der Waals surface area (Å²) in [5.74, 6) is 0.887. The highest BCUT2D eigenvalue weighted by atomic mass is 16.3. The van der Waals surface area contributed by atoms with E-state index in [9.17, 15) is 9.90 Å². The molecule has 1 saturated carbocycles. The zero-order valence-corrected chi connectivity index (χ0v) is 11.6. The van der Waals surface area contributed by atoms with Gasteiger partial charge in [0.2, 0.25) is 0 Å². The standard InChI is InChI=1S/C15H21N3O2/c16-14-4-3-12(19)9-13(14)15(20)18-7-5-17(6-8-18)10-11-1-2-11/h3-4,9,11,19H,1-2,5-8,10,16H2. The summed E-state index contributed by atoms with van der Waals surface area (Å²) in [6.07, 6.45) is 2.72. The van der Waals surface area contributed by atoms with Crippen LogP contribution in [0.25, 0.3) is 0 Å². The summed E-state index contributed by atoms with van der Waals surface area (Å²) in [7, 11) is 0. The average Bonchev–Trinajstić information content (AvgIpc) is 3.26. The second-order valence-electron chi connectivity index (χ2n) is 5.81. The molecule has 2 fully saturated rings. The summed E-state index contributed by atoms with van der Waals surface area (Å²) in [4.78, 5) is 16.7. The van der Waals surface area contributed by atoms with E-state index in [0.717, 1.165) is 32.1 Å². The van der Waals surface area contributed by atoms with E-state index in [1.807, 2.05) is 4.90 Å². The van der Waals surface area contributed by atoms with Gasteiger partial charge in [-0.05, 0) is 37.0 Å². The fourth-order valence-electron chi connectivity index (χ4n) is 2.70. The number of hydrogen-bond acceptors (Lipinski definition) is 4. The molecular weight excluding hydrogens is 254 g/mol. The maximum atomic E-state index is 12.4. The Morgan fingerprint density at radius 1 is 1.25 bits per heavy atom. The van der Waals surface area contributed by atoms with Crippen LogP contribution in [0.15, 0.2) is 18.2 Å². The van der Waals surface area contributed by atoms with E-state index in [-0.39, 0.29) is 11.7 Å². The van der Waals surface area contributed by atoms with Crippen molar-refractivity contribution in [2.24, 2.45) is 5.92 Å². The van der Waals surface area contributed by atoms with Crippen molar-refractivity contribution in [3.8, 4) is 5.75 Å². The van der Waals surface area contributed by atoms with Gasteiger partial charge in [0.15, 0.2) is 0 Å². The molecule has 1 amide bonds. The molecule has 1 aromatic carbocycles. The molecule has 0 aromatic heterocycles. The Labute approximate surface area is 119 Å². The van der Waals surface area contributed by atoms with Crippen molar-refractivity contribution in [2.45, 2.75) is 12.8 Å². The van der Waals surface area contributed by atoms with Crippen LogP contribution in [-0.2, 0) is 0 Å². The number of phenolic OH excluding ortho intramolecular Hbond substituents is 1. The van der Waals surface area contributed by atoms with Crippen LogP contribution in [0.2, 0.25) is 0 Å². The second kappa shape index (κ2) is 5.32. The Bertz CT molecular complexity index is 506. The maximum Gasteiger partial charge on any atom is 0.256 e. The normalized spacial score (nSPS) is 20.1. The van der Waals surface area contributed by atoms with Crippen molar-refractivity contribution >= 4 is 11.6 Å². The summed E-state index contributed by atoms with van der Waals surface area (Å²) < 4.78 is 0. The van der Waals surface area contributed by atoms with Crippen molar-refractivity contribution in [1.29, 1.82) is 0 Å². The van der Waals surface area contributed by atoms with Gasteiger partial charge in [0.05, 0.1) is 5.56 Å². The van der Waals surface area contributed by atoms with Gasteiger partial charge in [-0.3, -0.25) is 9.69 Å². The van der Waals surface area contributed by atoms with Gasteiger partial charge in [0.25, 0.3) is 5.91 Å². The summed E-state index contributed by atoms with van der Waals surface area (Å²) in [5, 5.41) is 9.50. The summed E-state index contributed by atoms with van der Waals surface area (Å²) in [5.41, 5.74) is 6.66. The van der Waals surface area contributed by atoms with E-state index in [2.05, 4.69) is 4.90 Å². The van der Waals surface area contributed by atoms with Gasteiger partial charge in [-0.1, -0.05) is 0 Å². The number of nitrogen functional groups attached to an aromatic ring is 1. The molecule has 0 atom stereocenters. The van der Waals surface area contributed by atoms with Gasteiger partial charge < -0.3 is 15.7 Å². The minimum atomic E-state index is -0.0792.